The fraction of sp³-hybridized carbons (Fsp3) is 0.0323. The molecular formula is C31H21N5O5S. The first-order valence-corrected chi connectivity index (χ1v) is 13.6. The molecule has 0 fully saturated rings. The van der Waals surface area contributed by atoms with Gasteiger partial charge in [0, 0.05) is 29.1 Å². The second kappa shape index (κ2) is 11.5. The maximum absolute atomic E-state index is 11.9. The van der Waals surface area contributed by atoms with Gasteiger partial charge in [0.25, 0.3) is 5.69 Å². The van der Waals surface area contributed by atoms with Crippen LogP contribution >= 0.6 is 11.8 Å². The lowest BCUT2D eigenvalue weighted by Gasteiger charge is -2.11. The summed E-state index contributed by atoms with van der Waals surface area (Å²) in [6, 6.07) is 32.3. The van der Waals surface area contributed by atoms with Gasteiger partial charge in [-0.1, -0.05) is 90.6 Å². The van der Waals surface area contributed by atoms with Gasteiger partial charge >= 0.3 is 5.69 Å². The van der Waals surface area contributed by atoms with Crippen LogP contribution in [0.15, 0.2) is 125 Å². The number of nitro groups is 2. The molecule has 0 spiro atoms. The highest BCUT2D eigenvalue weighted by molar-refractivity contribution is 7.99. The topological polar surface area (TPSA) is 126 Å². The van der Waals surface area contributed by atoms with Crippen LogP contribution in [0.2, 0.25) is 0 Å². The Kier molecular flexibility index (Phi) is 7.31. The van der Waals surface area contributed by atoms with Gasteiger partial charge in [0.05, 0.1) is 21.6 Å². The van der Waals surface area contributed by atoms with Gasteiger partial charge in [-0.05, 0) is 23.8 Å². The highest BCUT2D eigenvalue weighted by Crippen LogP contribution is 2.39. The van der Waals surface area contributed by atoms with Crippen LogP contribution in [-0.4, -0.2) is 24.2 Å². The smallest absolute Gasteiger partial charge is 0.318 e. The Balaban J connectivity index is 1.58. The van der Waals surface area contributed by atoms with E-state index in [2.05, 4.69) is 0 Å². The first kappa shape index (κ1) is 26.7. The summed E-state index contributed by atoms with van der Waals surface area (Å²) in [6.45, 7) is 0. The SMILES string of the molecule is O=[N+]([O-])c1ccc(Oc2c(Cc3ccccc3)nc3c(Sc4ccccc4)nc(-c4ccccc4)cn23)c([N+](=O)[O-])c1. The van der Waals surface area contributed by atoms with Crippen molar-refractivity contribution in [3.05, 3.63) is 147 Å². The van der Waals surface area contributed by atoms with Crippen LogP contribution in [0.1, 0.15) is 11.3 Å². The molecule has 0 radical (unpaired) electrons. The van der Waals surface area contributed by atoms with Crippen LogP contribution in [0.3, 0.4) is 0 Å². The minimum atomic E-state index is -0.698. The summed E-state index contributed by atoms with van der Waals surface area (Å²) in [6.07, 6.45) is 2.16. The minimum absolute atomic E-state index is 0.142. The molecule has 2 aromatic heterocycles. The molecule has 0 saturated heterocycles. The van der Waals surface area contributed by atoms with Gasteiger partial charge in [-0.25, -0.2) is 9.97 Å². The Morgan fingerprint density at radius 3 is 2.12 bits per heavy atom. The van der Waals surface area contributed by atoms with E-state index in [1.165, 1.54) is 23.9 Å². The van der Waals surface area contributed by atoms with E-state index < -0.39 is 21.2 Å². The summed E-state index contributed by atoms with van der Waals surface area (Å²) in [5.41, 5.74) is 2.56. The minimum Gasteiger partial charge on any atom is -0.431 e. The number of ether oxygens (including phenoxy) is 1. The molecule has 0 aliphatic heterocycles. The molecule has 10 nitrogen and oxygen atoms in total. The number of nitro benzene ring substituents is 2. The molecule has 0 saturated carbocycles. The molecule has 2 heterocycles. The molecule has 4 aromatic carbocycles. The zero-order chi connectivity index (χ0) is 29.1. The van der Waals surface area contributed by atoms with E-state index in [1.54, 1.807) is 10.6 Å². The molecule has 0 unspecified atom stereocenters. The molecule has 0 bridgehead atoms. The first-order valence-electron chi connectivity index (χ1n) is 12.8. The summed E-state index contributed by atoms with van der Waals surface area (Å²) >= 11 is 1.44. The summed E-state index contributed by atoms with van der Waals surface area (Å²) in [7, 11) is 0. The van der Waals surface area contributed by atoms with E-state index in [0.717, 1.165) is 22.1 Å². The van der Waals surface area contributed by atoms with Crippen LogP contribution < -0.4 is 4.74 Å². The van der Waals surface area contributed by atoms with Gasteiger partial charge in [-0.3, -0.25) is 24.6 Å². The van der Waals surface area contributed by atoms with E-state index in [0.29, 0.717) is 28.5 Å². The third kappa shape index (κ3) is 5.54. The third-order valence-corrected chi connectivity index (χ3v) is 7.37. The molecule has 0 aliphatic carbocycles. The van der Waals surface area contributed by atoms with Crippen LogP contribution in [0.4, 0.5) is 11.4 Å². The average Bonchev–Trinajstić information content (AvgIpc) is 3.35. The summed E-state index contributed by atoms with van der Waals surface area (Å²) in [5.74, 6) is 0.109. The monoisotopic (exact) mass is 575 g/mol. The van der Waals surface area contributed by atoms with E-state index in [9.17, 15) is 20.2 Å². The highest BCUT2D eigenvalue weighted by Gasteiger charge is 2.26. The van der Waals surface area contributed by atoms with Gasteiger partial charge < -0.3 is 4.74 Å². The maximum Gasteiger partial charge on any atom is 0.318 e. The predicted molar refractivity (Wildman–Crippen MR) is 158 cm³/mol. The van der Waals surface area contributed by atoms with E-state index in [4.69, 9.17) is 14.7 Å². The molecule has 42 heavy (non-hydrogen) atoms. The van der Waals surface area contributed by atoms with Crippen molar-refractivity contribution in [1.82, 2.24) is 14.4 Å². The predicted octanol–water partition coefficient (Wildman–Crippen LogP) is 7.75. The van der Waals surface area contributed by atoms with Crippen molar-refractivity contribution in [3.63, 3.8) is 0 Å². The van der Waals surface area contributed by atoms with E-state index >= 15 is 0 Å². The van der Waals surface area contributed by atoms with Gasteiger partial charge in [0.15, 0.2) is 5.65 Å². The zero-order valence-corrected chi connectivity index (χ0v) is 22.7. The quantitative estimate of drug-likeness (QED) is 0.127. The second-order valence-corrected chi connectivity index (χ2v) is 10.3. The number of benzene rings is 4. The van der Waals surface area contributed by atoms with Crippen molar-refractivity contribution in [2.24, 2.45) is 0 Å². The number of aromatic nitrogens is 3. The van der Waals surface area contributed by atoms with Crippen LogP contribution in [-0.2, 0) is 6.42 Å². The number of hydrogen-bond donors (Lipinski definition) is 0. The molecule has 6 aromatic rings. The Morgan fingerprint density at radius 1 is 0.786 bits per heavy atom. The zero-order valence-electron chi connectivity index (χ0n) is 21.9. The fourth-order valence-corrected chi connectivity index (χ4v) is 5.32. The molecule has 11 heteroatoms. The fourth-order valence-electron chi connectivity index (χ4n) is 4.43. The third-order valence-electron chi connectivity index (χ3n) is 6.40. The highest BCUT2D eigenvalue weighted by atomic mass is 32.2. The molecule has 0 amide bonds. The van der Waals surface area contributed by atoms with Crippen molar-refractivity contribution >= 4 is 28.8 Å². The number of hydrogen-bond acceptors (Lipinski definition) is 8. The number of imidazole rings is 1. The number of fused-ring (bicyclic) bond motifs is 1. The lowest BCUT2D eigenvalue weighted by molar-refractivity contribution is -0.394. The van der Waals surface area contributed by atoms with Crippen molar-refractivity contribution in [2.45, 2.75) is 16.3 Å². The molecule has 0 atom stereocenters. The maximum atomic E-state index is 11.9. The van der Waals surface area contributed by atoms with E-state index in [-0.39, 0.29) is 11.6 Å². The van der Waals surface area contributed by atoms with Crippen LogP contribution in [0.25, 0.3) is 16.9 Å². The molecular weight excluding hydrogens is 554 g/mol. The number of nitrogens with zero attached hydrogens (tertiary/aromatic N) is 5. The lowest BCUT2D eigenvalue weighted by atomic mass is 10.1. The molecule has 0 N–H and O–H groups in total. The van der Waals surface area contributed by atoms with Crippen LogP contribution in [0, 0.1) is 20.2 Å². The standard InChI is InChI=1S/C31H21N5O5S/c37-35(38)23-16-17-28(27(19-23)36(39)40)41-31-25(18-21-10-4-1-5-11-21)32-29-30(42-24-14-8-3-9-15-24)33-26(20-34(29)31)22-12-6-2-7-13-22/h1-17,19-20H,18H2. The van der Waals surface area contributed by atoms with Crippen molar-refractivity contribution < 1.29 is 14.6 Å². The molecule has 206 valence electrons. The van der Waals surface area contributed by atoms with Gasteiger partial charge in [-0.2, -0.15) is 0 Å². The number of rotatable bonds is 9. The molecule has 0 aliphatic rings. The Labute approximate surface area is 243 Å². The lowest BCUT2D eigenvalue weighted by Crippen LogP contribution is -2.00. The van der Waals surface area contributed by atoms with Crippen molar-refractivity contribution in [2.75, 3.05) is 0 Å². The summed E-state index contributed by atoms with van der Waals surface area (Å²) in [5, 5.41) is 23.9. The van der Waals surface area contributed by atoms with E-state index in [1.807, 2.05) is 91.0 Å². The number of non-ortho nitro benzene ring substituents is 1. The van der Waals surface area contributed by atoms with Crippen molar-refractivity contribution in [1.29, 1.82) is 0 Å². The Bertz CT molecular complexity index is 1920. The van der Waals surface area contributed by atoms with Gasteiger partial charge in [0.2, 0.25) is 11.6 Å². The van der Waals surface area contributed by atoms with Crippen molar-refractivity contribution in [3.8, 4) is 22.9 Å². The largest absolute Gasteiger partial charge is 0.431 e. The molecule has 6 rings (SSSR count). The normalized spacial score (nSPS) is 11.0. The van der Waals surface area contributed by atoms with Crippen LogP contribution in [0.5, 0.6) is 11.6 Å². The first-order chi connectivity index (χ1) is 20.5. The summed E-state index contributed by atoms with van der Waals surface area (Å²) < 4.78 is 8.00. The van der Waals surface area contributed by atoms with Gasteiger partial charge in [0.1, 0.15) is 10.7 Å². The Hall–Kier alpha value is -5.55. The van der Waals surface area contributed by atoms with Gasteiger partial charge in [-0.15, -0.1) is 0 Å². The average molecular weight is 576 g/mol. The Morgan fingerprint density at radius 2 is 1.45 bits per heavy atom. The summed E-state index contributed by atoms with van der Waals surface area (Å²) in [4.78, 5) is 32.7. The second-order valence-electron chi connectivity index (χ2n) is 9.20.